The molecule has 0 aromatic carbocycles. The number of aromatic nitrogens is 4. The van der Waals surface area contributed by atoms with E-state index < -0.39 is 11.6 Å². The van der Waals surface area contributed by atoms with Gasteiger partial charge in [0.15, 0.2) is 0 Å². The highest BCUT2D eigenvalue weighted by molar-refractivity contribution is 5.86. The van der Waals surface area contributed by atoms with Crippen LogP contribution in [0.5, 0.6) is 5.75 Å². The maximum atomic E-state index is 11.8. The molecule has 3 heterocycles. The second kappa shape index (κ2) is 7.70. The van der Waals surface area contributed by atoms with E-state index >= 15 is 0 Å². The van der Waals surface area contributed by atoms with E-state index in [4.69, 9.17) is 10.5 Å². The lowest BCUT2D eigenvalue weighted by molar-refractivity contribution is 0.195. The van der Waals surface area contributed by atoms with Crippen molar-refractivity contribution in [2.45, 2.75) is 26.3 Å². The number of nitrogen functional groups attached to an aromatic ring is 1. The van der Waals surface area contributed by atoms with Gasteiger partial charge in [0, 0.05) is 11.7 Å². The summed E-state index contributed by atoms with van der Waals surface area (Å²) in [4.78, 5) is 30.3. The molecule has 3 N–H and O–H groups in total. The molecule has 3 aromatic heterocycles. The third kappa shape index (κ3) is 4.23. The number of carboxylic acid groups (broad SMARTS) is 1. The second-order valence-electron chi connectivity index (χ2n) is 7.22. The first kappa shape index (κ1) is 20.0. The van der Waals surface area contributed by atoms with Crippen LogP contribution in [0.25, 0.3) is 22.8 Å². The third-order valence-corrected chi connectivity index (χ3v) is 4.08. The zero-order chi connectivity index (χ0) is 21.2. The van der Waals surface area contributed by atoms with E-state index in [1.807, 2.05) is 0 Å². The van der Waals surface area contributed by atoms with Crippen LogP contribution in [0.1, 0.15) is 20.8 Å². The number of rotatable bonds is 4. The Hall–Kier alpha value is -3.75. The van der Waals surface area contributed by atoms with Crippen molar-refractivity contribution in [2.24, 2.45) is 0 Å². The summed E-state index contributed by atoms with van der Waals surface area (Å²) in [6, 6.07) is 10.3. The standard InChI is InChI=1S/C20H22N6O3/c1-20(2,3)26(19(27)28)16-7-5-6-14(23-16)17-15(29-4)9-8-12(24-17)13-10-11-22-18(21)25-13/h5-11H,1-4H3,(H,27,28)(H2,21,22,25). The molecule has 150 valence electrons. The Kier molecular flexibility index (Phi) is 5.31. The molecule has 3 rings (SSSR count). The van der Waals surface area contributed by atoms with Gasteiger partial charge in [-0.2, -0.15) is 0 Å². The van der Waals surface area contributed by atoms with E-state index in [2.05, 4.69) is 19.9 Å². The molecule has 0 fully saturated rings. The highest BCUT2D eigenvalue weighted by Gasteiger charge is 2.29. The number of pyridine rings is 2. The highest BCUT2D eigenvalue weighted by atomic mass is 16.5. The van der Waals surface area contributed by atoms with E-state index in [1.165, 1.54) is 12.0 Å². The molecule has 0 bridgehead atoms. The molecule has 9 nitrogen and oxygen atoms in total. The number of hydrogen-bond donors (Lipinski definition) is 2. The molecule has 0 radical (unpaired) electrons. The van der Waals surface area contributed by atoms with Crippen LogP contribution in [-0.2, 0) is 0 Å². The molecule has 0 spiro atoms. The Morgan fingerprint density at radius 3 is 2.38 bits per heavy atom. The molecule has 3 aromatic rings. The number of anilines is 2. The summed E-state index contributed by atoms with van der Waals surface area (Å²) >= 11 is 0. The SMILES string of the molecule is COc1ccc(-c2ccnc(N)n2)nc1-c1cccc(N(C(=O)O)C(C)(C)C)n1. The number of hydrogen-bond acceptors (Lipinski definition) is 7. The largest absolute Gasteiger partial charge is 0.494 e. The molecule has 9 heteroatoms. The number of ether oxygens (including phenoxy) is 1. The predicted octanol–water partition coefficient (Wildman–Crippen LogP) is 3.47. The van der Waals surface area contributed by atoms with Crippen molar-refractivity contribution in [3.8, 4) is 28.5 Å². The van der Waals surface area contributed by atoms with Gasteiger partial charge in [0.1, 0.15) is 17.3 Å². The van der Waals surface area contributed by atoms with E-state index in [1.54, 1.807) is 63.4 Å². The first-order valence-corrected chi connectivity index (χ1v) is 8.85. The summed E-state index contributed by atoms with van der Waals surface area (Å²) in [6.07, 6.45) is 0.461. The number of carbonyl (C=O) groups is 1. The van der Waals surface area contributed by atoms with Crippen LogP contribution in [0.15, 0.2) is 42.6 Å². The van der Waals surface area contributed by atoms with Crippen molar-refractivity contribution in [3.63, 3.8) is 0 Å². The summed E-state index contributed by atoms with van der Waals surface area (Å²) in [5.74, 6) is 0.935. The van der Waals surface area contributed by atoms with Gasteiger partial charge in [0.05, 0.1) is 24.2 Å². The number of nitrogens with two attached hydrogens (primary N) is 1. The normalized spacial score (nSPS) is 11.2. The van der Waals surface area contributed by atoms with Crippen LogP contribution in [-0.4, -0.2) is 43.8 Å². The fourth-order valence-corrected chi connectivity index (χ4v) is 2.86. The van der Waals surface area contributed by atoms with Gasteiger partial charge in [0.2, 0.25) is 5.95 Å². The Morgan fingerprint density at radius 2 is 1.76 bits per heavy atom. The summed E-state index contributed by atoms with van der Waals surface area (Å²) in [6.45, 7) is 5.40. The van der Waals surface area contributed by atoms with Crippen LogP contribution in [0.3, 0.4) is 0 Å². The van der Waals surface area contributed by atoms with Crippen LogP contribution in [0.4, 0.5) is 16.6 Å². The minimum absolute atomic E-state index is 0.143. The van der Waals surface area contributed by atoms with Gasteiger partial charge in [-0.15, -0.1) is 0 Å². The van der Waals surface area contributed by atoms with Crippen LogP contribution < -0.4 is 15.4 Å². The van der Waals surface area contributed by atoms with Crippen molar-refractivity contribution in [1.29, 1.82) is 0 Å². The average molecular weight is 394 g/mol. The van der Waals surface area contributed by atoms with E-state index in [0.717, 1.165) is 0 Å². The van der Waals surface area contributed by atoms with Gasteiger partial charge in [-0.25, -0.2) is 24.7 Å². The minimum Gasteiger partial charge on any atom is -0.494 e. The molecule has 0 aliphatic rings. The highest BCUT2D eigenvalue weighted by Crippen LogP contribution is 2.31. The molecule has 29 heavy (non-hydrogen) atoms. The quantitative estimate of drug-likeness (QED) is 0.688. The average Bonchev–Trinajstić information content (AvgIpc) is 2.66. The van der Waals surface area contributed by atoms with Crippen molar-refractivity contribution in [1.82, 2.24) is 19.9 Å². The fourth-order valence-electron chi connectivity index (χ4n) is 2.86. The zero-order valence-corrected chi connectivity index (χ0v) is 16.6. The van der Waals surface area contributed by atoms with Crippen LogP contribution in [0.2, 0.25) is 0 Å². The lowest BCUT2D eigenvalue weighted by Gasteiger charge is -2.32. The van der Waals surface area contributed by atoms with Crippen molar-refractivity contribution >= 4 is 17.9 Å². The Balaban J connectivity index is 2.13. The maximum Gasteiger partial charge on any atom is 0.413 e. The minimum atomic E-state index is -1.09. The van der Waals surface area contributed by atoms with Gasteiger partial charge in [-0.05, 0) is 51.1 Å². The van der Waals surface area contributed by atoms with Gasteiger partial charge in [-0.1, -0.05) is 6.07 Å². The molecule has 0 aliphatic carbocycles. The molecule has 0 saturated heterocycles. The smallest absolute Gasteiger partial charge is 0.413 e. The summed E-state index contributed by atoms with van der Waals surface area (Å²) in [7, 11) is 1.53. The number of methoxy groups -OCH3 is 1. The molecular weight excluding hydrogens is 372 g/mol. The molecular formula is C20H22N6O3. The van der Waals surface area contributed by atoms with E-state index in [-0.39, 0.29) is 5.95 Å². The van der Waals surface area contributed by atoms with Crippen LogP contribution in [0, 0.1) is 0 Å². The summed E-state index contributed by atoms with van der Waals surface area (Å²) in [5, 5.41) is 9.66. The fraction of sp³-hybridized carbons (Fsp3) is 0.250. The second-order valence-corrected chi connectivity index (χ2v) is 7.22. The van der Waals surface area contributed by atoms with Gasteiger partial charge in [0.25, 0.3) is 0 Å². The zero-order valence-electron chi connectivity index (χ0n) is 16.6. The topological polar surface area (TPSA) is 127 Å². The Labute approximate surface area is 168 Å². The number of nitrogens with zero attached hydrogens (tertiary/aromatic N) is 5. The molecule has 0 aliphatic heterocycles. The van der Waals surface area contributed by atoms with Crippen molar-refractivity contribution in [3.05, 3.63) is 42.6 Å². The van der Waals surface area contributed by atoms with Gasteiger partial charge < -0.3 is 15.6 Å². The van der Waals surface area contributed by atoms with Gasteiger partial charge >= 0.3 is 6.09 Å². The molecule has 1 amide bonds. The van der Waals surface area contributed by atoms with E-state index in [9.17, 15) is 9.90 Å². The monoisotopic (exact) mass is 394 g/mol. The van der Waals surface area contributed by atoms with Crippen molar-refractivity contribution < 1.29 is 14.6 Å². The summed E-state index contributed by atoms with van der Waals surface area (Å²) in [5.41, 5.74) is 7.05. The third-order valence-electron chi connectivity index (χ3n) is 4.08. The first-order valence-electron chi connectivity index (χ1n) is 8.85. The Morgan fingerprint density at radius 1 is 1.03 bits per heavy atom. The molecule has 0 unspecified atom stereocenters. The predicted molar refractivity (Wildman–Crippen MR) is 110 cm³/mol. The summed E-state index contributed by atoms with van der Waals surface area (Å²) < 4.78 is 5.44. The van der Waals surface area contributed by atoms with Crippen LogP contribution >= 0.6 is 0 Å². The maximum absolute atomic E-state index is 11.8. The lowest BCUT2D eigenvalue weighted by atomic mass is 10.1. The van der Waals surface area contributed by atoms with E-state index in [0.29, 0.717) is 34.3 Å². The molecule has 0 saturated carbocycles. The molecule has 0 atom stereocenters. The van der Waals surface area contributed by atoms with Crippen molar-refractivity contribution in [2.75, 3.05) is 17.7 Å². The lowest BCUT2D eigenvalue weighted by Crippen LogP contribution is -2.45. The first-order chi connectivity index (χ1) is 13.7. The van der Waals surface area contributed by atoms with Gasteiger partial charge in [-0.3, -0.25) is 4.90 Å². The number of amides is 1. The Bertz CT molecular complexity index is 1050.